The Bertz CT molecular complexity index is 1090. The highest BCUT2D eigenvalue weighted by Crippen LogP contribution is 2.31. The number of benzene rings is 2. The van der Waals surface area contributed by atoms with E-state index in [1.54, 1.807) is 24.3 Å². The molecule has 0 unspecified atom stereocenters. The third kappa shape index (κ3) is 6.39. The van der Waals surface area contributed by atoms with E-state index < -0.39 is 10.8 Å². The van der Waals surface area contributed by atoms with Gasteiger partial charge < -0.3 is 15.5 Å². The van der Waals surface area contributed by atoms with E-state index in [4.69, 9.17) is 23.8 Å². The number of hydrogen-bond donors (Lipinski definition) is 3. The van der Waals surface area contributed by atoms with Crippen LogP contribution in [0.5, 0.6) is 0 Å². The van der Waals surface area contributed by atoms with Crippen LogP contribution in [-0.2, 0) is 4.79 Å². The second-order valence-electron chi connectivity index (χ2n) is 7.56. The van der Waals surface area contributed by atoms with Crippen LogP contribution in [0, 0.1) is 10.1 Å². The summed E-state index contributed by atoms with van der Waals surface area (Å²) in [4.78, 5) is 37.5. The quantitative estimate of drug-likeness (QED) is 0.293. The first-order valence-electron chi connectivity index (χ1n) is 10.5. The lowest BCUT2D eigenvalue weighted by atomic mass is 10.1. The van der Waals surface area contributed by atoms with E-state index in [9.17, 15) is 19.7 Å². The summed E-state index contributed by atoms with van der Waals surface area (Å²) in [5, 5.41) is 20.0. The van der Waals surface area contributed by atoms with Crippen LogP contribution in [0.15, 0.2) is 36.4 Å². The van der Waals surface area contributed by atoms with Crippen molar-refractivity contribution in [3.8, 4) is 0 Å². The second-order valence-corrected chi connectivity index (χ2v) is 8.37. The van der Waals surface area contributed by atoms with Gasteiger partial charge in [0.05, 0.1) is 15.6 Å². The Morgan fingerprint density at radius 3 is 2.55 bits per heavy atom. The van der Waals surface area contributed by atoms with Crippen molar-refractivity contribution >= 4 is 63.5 Å². The molecule has 1 fully saturated rings. The maximum Gasteiger partial charge on any atom is 0.293 e. The van der Waals surface area contributed by atoms with Gasteiger partial charge in [-0.05, 0) is 61.8 Å². The molecule has 1 saturated heterocycles. The van der Waals surface area contributed by atoms with Gasteiger partial charge in [-0.3, -0.25) is 25.0 Å². The van der Waals surface area contributed by atoms with Crippen molar-refractivity contribution < 1.29 is 14.5 Å². The minimum absolute atomic E-state index is 0.0368. The third-order valence-electron chi connectivity index (χ3n) is 5.08. The van der Waals surface area contributed by atoms with Crippen LogP contribution >= 0.6 is 23.8 Å². The molecule has 1 aliphatic heterocycles. The molecule has 2 aromatic carbocycles. The minimum Gasteiger partial charge on any atom is -0.366 e. The first kappa shape index (κ1) is 24.4. The molecule has 33 heavy (non-hydrogen) atoms. The van der Waals surface area contributed by atoms with Crippen molar-refractivity contribution in [1.29, 1.82) is 0 Å². The zero-order valence-corrected chi connectivity index (χ0v) is 19.6. The largest absolute Gasteiger partial charge is 0.366 e. The molecule has 174 valence electrons. The topological polar surface area (TPSA) is 117 Å². The van der Waals surface area contributed by atoms with E-state index in [-0.39, 0.29) is 22.3 Å². The Morgan fingerprint density at radius 1 is 1.15 bits per heavy atom. The van der Waals surface area contributed by atoms with Crippen molar-refractivity contribution in [3.63, 3.8) is 0 Å². The van der Waals surface area contributed by atoms with Crippen LogP contribution in [0.4, 0.5) is 22.7 Å². The summed E-state index contributed by atoms with van der Waals surface area (Å²) >= 11 is 11.4. The molecule has 0 bridgehead atoms. The summed E-state index contributed by atoms with van der Waals surface area (Å²) in [6, 6.07) is 9.23. The number of nitro benzene ring substituents is 1. The highest BCUT2D eigenvalue weighted by Gasteiger charge is 2.24. The van der Waals surface area contributed by atoms with Crippen molar-refractivity contribution in [2.45, 2.75) is 32.6 Å². The first-order chi connectivity index (χ1) is 15.8. The van der Waals surface area contributed by atoms with E-state index in [0.717, 1.165) is 32.4 Å². The maximum atomic E-state index is 12.7. The molecule has 1 aliphatic rings. The number of rotatable bonds is 7. The monoisotopic (exact) mass is 489 g/mol. The van der Waals surface area contributed by atoms with Crippen LogP contribution in [0.25, 0.3) is 0 Å². The highest BCUT2D eigenvalue weighted by atomic mass is 35.5. The molecule has 0 aromatic heterocycles. The Morgan fingerprint density at radius 2 is 1.88 bits per heavy atom. The van der Waals surface area contributed by atoms with Crippen molar-refractivity contribution in [2.24, 2.45) is 0 Å². The number of anilines is 3. The Balaban J connectivity index is 1.69. The van der Waals surface area contributed by atoms with Crippen LogP contribution < -0.4 is 20.9 Å². The van der Waals surface area contributed by atoms with Crippen LogP contribution in [0.1, 0.15) is 43.0 Å². The van der Waals surface area contributed by atoms with E-state index in [0.29, 0.717) is 28.5 Å². The molecule has 3 rings (SSSR count). The SMILES string of the molecule is CCCC(=O)Nc1ccc(Cl)c(NC(=S)NC(=O)c2ccc(N3CCCC3)c([N+](=O)[O-])c2)c1. The Labute approximate surface area is 201 Å². The molecule has 2 amide bonds. The lowest BCUT2D eigenvalue weighted by molar-refractivity contribution is -0.384. The molecular formula is C22H24ClN5O4S. The fraction of sp³-hybridized carbons (Fsp3) is 0.318. The standard InChI is InChI=1S/C22H24ClN5O4S/c1-2-5-20(29)24-15-7-8-16(23)17(13-15)25-22(33)26-21(30)14-6-9-18(19(12-14)28(31)32)27-10-3-4-11-27/h6-9,12-13H,2-5,10-11H2,1H3,(H,24,29)(H2,25,26,30,33). The van der Waals surface area contributed by atoms with Crippen LogP contribution in [0.2, 0.25) is 5.02 Å². The number of hydrogen-bond acceptors (Lipinski definition) is 6. The summed E-state index contributed by atoms with van der Waals surface area (Å²) in [6.07, 6.45) is 3.07. The smallest absolute Gasteiger partial charge is 0.293 e. The molecule has 0 saturated carbocycles. The van der Waals surface area contributed by atoms with Crippen molar-refractivity contribution in [2.75, 3.05) is 28.6 Å². The summed E-state index contributed by atoms with van der Waals surface area (Å²) in [5.41, 5.74) is 1.42. The van der Waals surface area contributed by atoms with Gasteiger partial charge in [0.1, 0.15) is 5.69 Å². The van der Waals surface area contributed by atoms with Gasteiger partial charge in [0, 0.05) is 36.8 Å². The van der Waals surface area contributed by atoms with E-state index in [1.807, 2.05) is 11.8 Å². The number of carbonyl (C=O) groups excluding carboxylic acids is 2. The maximum absolute atomic E-state index is 12.7. The first-order valence-corrected chi connectivity index (χ1v) is 11.3. The highest BCUT2D eigenvalue weighted by molar-refractivity contribution is 7.80. The molecule has 0 aliphatic carbocycles. The zero-order valence-electron chi connectivity index (χ0n) is 18.0. The van der Waals surface area contributed by atoms with Gasteiger partial charge >= 0.3 is 0 Å². The number of thiocarbonyl (C=S) groups is 1. The molecule has 9 nitrogen and oxygen atoms in total. The fourth-order valence-electron chi connectivity index (χ4n) is 3.51. The molecule has 3 N–H and O–H groups in total. The van der Waals surface area contributed by atoms with Gasteiger partial charge in [-0.1, -0.05) is 18.5 Å². The normalized spacial score (nSPS) is 12.8. The lowest BCUT2D eigenvalue weighted by Crippen LogP contribution is -2.34. The van der Waals surface area contributed by atoms with Gasteiger partial charge in [-0.15, -0.1) is 0 Å². The molecule has 2 aromatic rings. The molecule has 0 spiro atoms. The molecule has 11 heteroatoms. The minimum atomic E-state index is -0.591. The number of nitrogens with one attached hydrogen (secondary N) is 3. The van der Waals surface area contributed by atoms with E-state index >= 15 is 0 Å². The number of nitro groups is 1. The number of halogens is 1. The van der Waals surface area contributed by atoms with Gasteiger partial charge in [0.15, 0.2) is 5.11 Å². The van der Waals surface area contributed by atoms with Gasteiger partial charge in [0.2, 0.25) is 5.91 Å². The molecule has 1 heterocycles. The summed E-state index contributed by atoms with van der Waals surface area (Å²) in [5.74, 6) is -0.715. The average molecular weight is 490 g/mol. The second kappa shape index (κ2) is 11.1. The summed E-state index contributed by atoms with van der Waals surface area (Å²) < 4.78 is 0. The van der Waals surface area contributed by atoms with Crippen LogP contribution in [0.3, 0.4) is 0 Å². The number of carbonyl (C=O) groups is 2. The number of nitrogens with zero attached hydrogens (tertiary/aromatic N) is 2. The zero-order chi connectivity index (χ0) is 24.0. The van der Waals surface area contributed by atoms with Crippen LogP contribution in [-0.4, -0.2) is 34.9 Å². The lowest BCUT2D eigenvalue weighted by Gasteiger charge is -2.18. The fourth-order valence-corrected chi connectivity index (χ4v) is 3.88. The molecule has 0 atom stereocenters. The van der Waals surface area contributed by atoms with Gasteiger partial charge in [0.25, 0.3) is 11.6 Å². The predicted octanol–water partition coefficient (Wildman–Crippen LogP) is 4.71. The van der Waals surface area contributed by atoms with Gasteiger partial charge in [-0.25, -0.2) is 0 Å². The molecule has 0 radical (unpaired) electrons. The Kier molecular flexibility index (Phi) is 8.18. The summed E-state index contributed by atoms with van der Waals surface area (Å²) in [7, 11) is 0. The van der Waals surface area contributed by atoms with E-state index in [1.165, 1.54) is 12.1 Å². The Hall–Kier alpha value is -3.24. The summed E-state index contributed by atoms with van der Waals surface area (Å²) in [6.45, 7) is 3.41. The third-order valence-corrected chi connectivity index (χ3v) is 5.62. The van der Waals surface area contributed by atoms with E-state index in [2.05, 4.69) is 16.0 Å². The predicted molar refractivity (Wildman–Crippen MR) is 133 cm³/mol. The van der Waals surface area contributed by atoms with Gasteiger partial charge in [-0.2, -0.15) is 0 Å². The average Bonchev–Trinajstić information content (AvgIpc) is 3.30. The van der Waals surface area contributed by atoms with Crippen molar-refractivity contribution in [3.05, 3.63) is 57.1 Å². The number of amides is 2. The molecular weight excluding hydrogens is 466 g/mol. The van der Waals surface area contributed by atoms with Crippen molar-refractivity contribution in [1.82, 2.24) is 5.32 Å².